The molecule has 0 aliphatic heterocycles. The number of hydrogen-bond donors (Lipinski definition) is 3. The lowest BCUT2D eigenvalue weighted by atomic mass is 10.2. The van der Waals surface area contributed by atoms with Crippen LogP contribution < -0.4 is 10.6 Å². The van der Waals surface area contributed by atoms with Crippen LogP contribution in [0.2, 0.25) is 0 Å². The maximum absolute atomic E-state index is 11.6. The molecule has 2 amide bonds. The third kappa shape index (κ3) is 3.26. The number of aromatic nitrogens is 1. The smallest absolute Gasteiger partial charge is 0.319 e. The average Bonchev–Trinajstić information content (AvgIpc) is 2.82. The zero-order valence-electron chi connectivity index (χ0n) is 10.6. The van der Waals surface area contributed by atoms with Crippen LogP contribution in [0.1, 0.15) is 26.2 Å². The number of aromatic amines is 1. The molecule has 2 aromatic rings. The van der Waals surface area contributed by atoms with E-state index in [0.717, 1.165) is 42.4 Å². The zero-order valence-corrected chi connectivity index (χ0v) is 10.6. The topological polar surface area (TPSA) is 56.9 Å². The number of anilines is 1. The summed E-state index contributed by atoms with van der Waals surface area (Å²) >= 11 is 0. The van der Waals surface area contributed by atoms with Gasteiger partial charge in [0.25, 0.3) is 0 Å². The fourth-order valence-corrected chi connectivity index (χ4v) is 1.88. The number of fused-ring (bicyclic) bond motifs is 1. The second-order valence-electron chi connectivity index (χ2n) is 4.37. The molecule has 4 heteroatoms. The van der Waals surface area contributed by atoms with E-state index >= 15 is 0 Å². The molecule has 0 bridgehead atoms. The molecule has 18 heavy (non-hydrogen) atoms. The summed E-state index contributed by atoms with van der Waals surface area (Å²) in [5.41, 5.74) is 1.83. The van der Waals surface area contributed by atoms with Crippen LogP contribution in [0.15, 0.2) is 30.5 Å². The Balaban J connectivity index is 1.86. The minimum atomic E-state index is -0.142. The van der Waals surface area contributed by atoms with E-state index in [9.17, 15) is 4.79 Å². The van der Waals surface area contributed by atoms with Crippen LogP contribution >= 0.6 is 0 Å². The molecule has 96 valence electrons. The first-order valence-corrected chi connectivity index (χ1v) is 6.41. The molecule has 0 fully saturated rings. The summed E-state index contributed by atoms with van der Waals surface area (Å²) in [6, 6.07) is 7.68. The molecule has 0 saturated heterocycles. The fraction of sp³-hybridized carbons (Fsp3) is 0.357. The van der Waals surface area contributed by atoms with E-state index in [1.165, 1.54) is 0 Å². The number of carbonyl (C=O) groups is 1. The molecule has 1 heterocycles. The third-order valence-electron chi connectivity index (χ3n) is 2.88. The molecule has 0 radical (unpaired) electrons. The van der Waals surface area contributed by atoms with E-state index in [4.69, 9.17) is 0 Å². The van der Waals surface area contributed by atoms with Crippen molar-refractivity contribution in [1.82, 2.24) is 10.3 Å². The maximum atomic E-state index is 11.6. The van der Waals surface area contributed by atoms with Crippen molar-refractivity contribution in [2.45, 2.75) is 26.2 Å². The number of urea groups is 1. The van der Waals surface area contributed by atoms with Gasteiger partial charge in [0.1, 0.15) is 0 Å². The predicted molar refractivity (Wildman–Crippen MR) is 74.8 cm³/mol. The SMILES string of the molecule is CCCCCNC(=O)Nc1ccc2cc[nH]c2c1. The highest BCUT2D eigenvalue weighted by Gasteiger charge is 2.02. The van der Waals surface area contributed by atoms with Crippen LogP contribution in [0.3, 0.4) is 0 Å². The van der Waals surface area contributed by atoms with Gasteiger partial charge in [-0.2, -0.15) is 0 Å². The second-order valence-corrected chi connectivity index (χ2v) is 4.37. The number of hydrogen-bond acceptors (Lipinski definition) is 1. The highest BCUT2D eigenvalue weighted by Crippen LogP contribution is 2.17. The first-order valence-electron chi connectivity index (χ1n) is 6.41. The van der Waals surface area contributed by atoms with Gasteiger partial charge in [0.2, 0.25) is 0 Å². The zero-order chi connectivity index (χ0) is 12.8. The van der Waals surface area contributed by atoms with Crippen LogP contribution in [-0.2, 0) is 0 Å². The van der Waals surface area contributed by atoms with Gasteiger partial charge in [-0.3, -0.25) is 0 Å². The van der Waals surface area contributed by atoms with Crippen LogP contribution in [0, 0.1) is 0 Å². The number of unbranched alkanes of at least 4 members (excludes halogenated alkanes) is 2. The minimum Gasteiger partial charge on any atom is -0.361 e. The summed E-state index contributed by atoms with van der Waals surface area (Å²) in [7, 11) is 0. The number of H-pyrrole nitrogens is 1. The van der Waals surface area contributed by atoms with Gasteiger partial charge in [-0.1, -0.05) is 25.8 Å². The molecular formula is C14H19N3O. The lowest BCUT2D eigenvalue weighted by Crippen LogP contribution is -2.29. The Bertz CT molecular complexity index is 518. The predicted octanol–water partition coefficient (Wildman–Crippen LogP) is 3.48. The largest absolute Gasteiger partial charge is 0.361 e. The van der Waals surface area contributed by atoms with Gasteiger partial charge >= 0.3 is 6.03 Å². The molecule has 0 saturated carbocycles. The second kappa shape index (κ2) is 6.10. The molecule has 1 aromatic heterocycles. The first-order chi connectivity index (χ1) is 8.79. The van der Waals surface area contributed by atoms with Crippen molar-refractivity contribution in [2.24, 2.45) is 0 Å². The molecule has 0 aliphatic carbocycles. The summed E-state index contributed by atoms with van der Waals surface area (Å²) in [6.45, 7) is 2.87. The van der Waals surface area contributed by atoms with Gasteiger partial charge in [-0.25, -0.2) is 4.79 Å². The Morgan fingerprint density at radius 1 is 1.28 bits per heavy atom. The minimum absolute atomic E-state index is 0.142. The van der Waals surface area contributed by atoms with Gasteiger partial charge in [0.05, 0.1) is 0 Å². The molecule has 2 rings (SSSR count). The van der Waals surface area contributed by atoms with Crippen molar-refractivity contribution in [3.63, 3.8) is 0 Å². The lowest BCUT2D eigenvalue weighted by molar-refractivity contribution is 0.252. The highest BCUT2D eigenvalue weighted by molar-refractivity contribution is 5.92. The number of amides is 2. The molecule has 0 unspecified atom stereocenters. The van der Waals surface area contributed by atoms with Gasteiger partial charge in [-0.05, 0) is 30.0 Å². The molecular weight excluding hydrogens is 226 g/mol. The summed E-state index contributed by atoms with van der Waals surface area (Å²) in [5.74, 6) is 0. The maximum Gasteiger partial charge on any atom is 0.319 e. The van der Waals surface area contributed by atoms with Gasteiger partial charge in [0.15, 0.2) is 0 Å². The van der Waals surface area contributed by atoms with Gasteiger partial charge in [-0.15, -0.1) is 0 Å². The Morgan fingerprint density at radius 3 is 3.00 bits per heavy atom. The summed E-state index contributed by atoms with van der Waals surface area (Å²) in [4.78, 5) is 14.7. The average molecular weight is 245 g/mol. The van der Waals surface area contributed by atoms with Crippen molar-refractivity contribution in [3.05, 3.63) is 30.5 Å². The quantitative estimate of drug-likeness (QED) is 0.694. The van der Waals surface area contributed by atoms with E-state index < -0.39 is 0 Å². The van der Waals surface area contributed by atoms with Crippen molar-refractivity contribution < 1.29 is 4.79 Å². The Kier molecular flexibility index (Phi) is 4.23. The number of benzene rings is 1. The molecule has 0 spiro atoms. The van der Waals surface area contributed by atoms with Crippen molar-refractivity contribution in [1.29, 1.82) is 0 Å². The number of rotatable bonds is 5. The molecule has 1 aromatic carbocycles. The lowest BCUT2D eigenvalue weighted by Gasteiger charge is -2.07. The summed E-state index contributed by atoms with van der Waals surface area (Å²) in [5, 5.41) is 6.82. The van der Waals surface area contributed by atoms with E-state index in [2.05, 4.69) is 22.5 Å². The fourth-order valence-electron chi connectivity index (χ4n) is 1.88. The molecule has 0 atom stereocenters. The summed E-state index contributed by atoms with van der Waals surface area (Å²) in [6.07, 6.45) is 5.22. The van der Waals surface area contributed by atoms with E-state index in [1.54, 1.807) is 0 Å². The Morgan fingerprint density at radius 2 is 2.17 bits per heavy atom. The molecule has 3 N–H and O–H groups in total. The van der Waals surface area contributed by atoms with Gasteiger partial charge < -0.3 is 15.6 Å². The third-order valence-corrected chi connectivity index (χ3v) is 2.88. The van der Waals surface area contributed by atoms with Gasteiger partial charge in [0, 0.05) is 23.9 Å². The van der Waals surface area contributed by atoms with Crippen LogP contribution in [-0.4, -0.2) is 17.6 Å². The Labute approximate surface area is 107 Å². The van der Waals surface area contributed by atoms with Crippen LogP contribution in [0.4, 0.5) is 10.5 Å². The molecule has 4 nitrogen and oxygen atoms in total. The van der Waals surface area contributed by atoms with E-state index in [1.807, 2.05) is 30.5 Å². The Hall–Kier alpha value is -1.97. The first kappa shape index (κ1) is 12.5. The monoisotopic (exact) mass is 245 g/mol. The summed E-state index contributed by atoms with van der Waals surface area (Å²) < 4.78 is 0. The van der Waals surface area contributed by atoms with Crippen molar-refractivity contribution in [3.8, 4) is 0 Å². The van der Waals surface area contributed by atoms with Crippen LogP contribution in [0.25, 0.3) is 10.9 Å². The number of carbonyl (C=O) groups excluding carboxylic acids is 1. The van der Waals surface area contributed by atoms with Crippen molar-refractivity contribution >= 4 is 22.6 Å². The van der Waals surface area contributed by atoms with E-state index in [-0.39, 0.29) is 6.03 Å². The standard InChI is InChI=1S/C14H19N3O/c1-2-3-4-8-16-14(18)17-12-6-5-11-7-9-15-13(11)10-12/h5-7,9-10,15H,2-4,8H2,1H3,(H2,16,17,18). The van der Waals surface area contributed by atoms with E-state index in [0.29, 0.717) is 0 Å². The van der Waals surface area contributed by atoms with Crippen molar-refractivity contribution in [2.75, 3.05) is 11.9 Å². The molecule has 0 aliphatic rings. The number of nitrogens with one attached hydrogen (secondary N) is 3. The van der Waals surface area contributed by atoms with Crippen LogP contribution in [0.5, 0.6) is 0 Å². The normalized spacial score (nSPS) is 10.5. The highest BCUT2D eigenvalue weighted by atomic mass is 16.2.